The van der Waals surface area contributed by atoms with Crippen LogP contribution in [0.3, 0.4) is 0 Å². The van der Waals surface area contributed by atoms with Crippen LogP contribution in [0, 0.1) is 0 Å². The Kier molecular flexibility index (Phi) is 7.88. The van der Waals surface area contributed by atoms with E-state index in [4.69, 9.17) is 19.3 Å². The van der Waals surface area contributed by atoms with E-state index in [1.165, 1.54) is 5.56 Å². The first kappa shape index (κ1) is 21.8. The molecule has 0 saturated carbocycles. The van der Waals surface area contributed by atoms with Crippen molar-refractivity contribution >= 4 is 5.97 Å². The number of hydrogen-bond acceptors (Lipinski definition) is 5. The van der Waals surface area contributed by atoms with Gasteiger partial charge in [0.1, 0.15) is 18.1 Å². The van der Waals surface area contributed by atoms with E-state index < -0.39 is 6.10 Å². The average molecular weight is 386 g/mol. The molecule has 0 aromatic heterocycles. The Morgan fingerprint density at radius 3 is 2.14 bits per heavy atom. The van der Waals surface area contributed by atoms with Gasteiger partial charge in [0.15, 0.2) is 6.10 Å². The van der Waals surface area contributed by atoms with Crippen molar-refractivity contribution in [3.05, 3.63) is 59.7 Å². The van der Waals surface area contributed by atoms with E-state index in [1.54, 1.807) is 6.92 Å². The van der Waals surface area contributed by atoms with Crippen LogP contribution in [-0.2, 0) is 21.4 Å². The number of rotatable bonds is 9. The molecule has 152 valence electrons. The van der Waals surface area contributed by atoms with Gasteiger partial charge in [0, 0.05) is 6.42 Å². The van der Waals surface area contributed by atoms with Gasteiger partial charge >= 0.3 is 5.97 Å². The van der Waals surface area contributed by atoms with Crippen LogP contribution in [0.5, 0.6) is 11.5 Å². The van der Waals surface area contributed by atoms with Crippen LogP contribution >= 0.6 is 0 Å². The summed E-state index contributed by atoms with van der Waals surface area (Å²) in [6.07, 6.45) is -0.343. The van der Waals surface area contributed by atoms with E-state index in [-0.39, 0.29) is 24.6 Å². The summed E-state index contributed by atoms with van der Waals surface area (Å²) < 4.78 is 16.5. The zero-order valence-electron chi connectivity index (χ0n) is 17.1. The van der Waals surface area contributed by atoms with E-state index in [0.29, 0.717) is 24.5 Å². The van der Waals surface area contributed by atoms with Gasteiger partial charge in [-0.05, 0) is 47.7 Å². The molecule has 0 aliphatic rings. The van der Waals surface area contributed by atoms with Crippen LogP contribution in [0.2, 0.25) is 0 Å². The van der Waals surface area contributed by atoms with Gasteiger partial charge in [-0.15, -0.1) is 0 Å². The molecular weight excluding hydrogens is 356 g/mol. The quantitative estimate of drug-likeness (QED) is 0.662. The molecule has 28 heavy (non-hydrogen) atoms. The molecule has 0 unspecified atom stereocenters. The third-order valence-corrected chi connectivity index (χ3v) is 4.25. The molecule has 0 aliphatic heterocycles. The Balaban J connectivity index is 2.10. The van der Waals surface area contributed by atoms with Crippen molar-refractivity contribution in [1.29, 1.82) is 0 Å². The number of ether oxygens (including phenoxy) is 3. The zero-order chi connectivity index (χ0) is 20.6. The van der Waals surface area contributed by atoms with Gasteiger partial charge in [-0.2, -0.15) is 0 Å². The third-order valence-electron chi connectivity index (χ3n) is 4.25. The Morgan fingerprint density at radius 1 is 1.00 bits per heavy atom. The zero-order valence-corrected chi connectivity index (χ0v) is 17.1. The lowest BCUT2D eigenvalue weighted by Gasteiger charge is -2.21. The molecule has 2 aromatic carbocycles. The first-order chi connectivity index (χ1) is 13.3. The van der Waals surface area contributed by atoms with Crippen molar-refractivity contribution in [2.24, 2.45) is 0 Å². The van der Waals surface area contributed by atoms with Crippen LogP contribution in [0.15, 0.2) is 48.5 Å². The average Bonchev–Trinajstić information content (AvgIpc) is 2.67. The predicted molar refractivity (Wildman–Crippen MR) is 109 cm³/mol. The molecular formula is C23H30O5. The number of aliphatic hydroxyl groups excluding tert-OH is 1. The Hall–Kier alpha value is -2.53. The third kappa shape index (κ3) is 6.57. The highest BCUT2D eigenvalue weighted by Crippen LogP contribution is 2.25. The fraction of sp³-hybridized carbons (Fsp3) is 0.435. The maximum Gasteiger partial charge on any atom is 0.347 e. The highest BCUT2D eigenvalue weighted by atomic mass is 16.6. The summed E-state index contributed by atoms with van der Waals surface area (Å²) >= 11 is 0. The number of aliphatic hydroxyl groups is 1. The monoisotopic (exact) mass is 386 g/mol. The van der Waals surface area contributed by atoms with Gasteiger partial charge < -0.3 is 19.3 Å². The molecule has 5 heteroatoms. The number of benzene rings is 2. The minimum Gasteiger partial charge on any atom is -0.491 e. The summed E-state index contributed by atoms with van der Waals surface area (Å²) in [7, 11) is 0. The van der Waals surface area contributed by atoms with Gasteiger partial charge in [-0.3, -0.25) is 0 Å². The molecule has 0 bridgehead atoms. The highest BCUT2D eigenvalue weighted by Gasteiger charge is 2.23. The van der Waals surface area contributed by atoms with E-state index >= 15 is 0 Å². The summed E-state index contributed by atoms with van der Waals surface area (Å²) in [5.41, 5.74) is 2.19. The topological polar surface area (TPSA) is 65.0 Å². The first-order valence-corrected chi connectivity index (χ1v) is 9.60. The Labute approximate surface area is 167 Å². The maximum atomic E-state index is 12.4. The molecule has 0 radical (unpaired) electrons. The van der Waals surface area contributed by atoms with Crippen molar-refractivity contribution in [2.75, 3.05) is 19.8 Å². The smallest absolute Gasteiger partial charge is 0.347 e. The molecule has 2 aromatic rings. The second-order valence-electron chi connectivity index (χ2n) is 7.55. The van der Waals surface area contributed by atoms with E-state index in [0.717, 1.165) is 5.56 Å². The van der Waals surface area contributed by atoms with E-state index in [9.17, 15) is 4.79 Å². The van der Waals surface area contributed by atoms with Crippen LogP contribution < -0.4 is 9.47 Å². The lowest BCUT2D eigenvalue weighted by molar-refractivity contribution is -0.151. The van der Waals surface area contributed by atoms with Crippen molar-refractivity contribution in [2.45, 2.75) is 45.6 Å². The van der Waals surface area contributed by atoms with Gasteiger partial charge in [-0.25, -0.2) is 4.79 Å². The molecule has 2 rings (SSSR count). The molecule has 0 amide bonds. The molecule has 0 saturated heterocycles. The largest absolute Gasteiger partial charge is 0.491 e. The van der Waals surface area contributed by atoms with Gasteiger partial charge in [0.25, 0.3) is 0 Å². The Bertz CT molecular complexity index is 729. The molecule has 0 heterocycles. The number of carbonyl (C=O) groups is 1. The van der Waals surface area contributed by atoms with Crippen molar-refractivity contribution in [3.63, 3.8) is 0 Å². The van der Waals surface area contributed by atoms with Crippen LogP contribution in [0.1, 0.15) is 38.8 Å². The van der Waals surface area contributed by atoms with E-state index in [2.05, 4.69) is 20.8 Å². The SMILES string of the molecule is CCOC(=O)[C@@H](Cc1ccc(OCCO)cc1)Oc1ccc(C(C)(C)C)cc1. The molecule has 0 spiro atoms. The van der Waals surface area contributed by atoms with Crippen molar-refractivity contribution < 1.29 is 24.1 Å². The number of carbonyl (C=O) groups excluding carboxylic acids is 1. The Morgan fingerprint density at radius 2 is 1.61 bits per heavy atom. The molecule has 1 atom stereocenters. The van der Waals surface area contributed by atoms with Crippen molar-refractivity contribution in [3.8, 4) is 11.5 Å². The summed E-state index contributed by atoms with van der Waals surface area (Å²) in [4.78, 5) is 12.4. The summed E-state index contributed by atoms with van der Waals surface area (Å²) in [5, 5.41) is 8.82. The first-order valence-electron chi connectivity index (χ1n) is 9.60. The fourth-order valence-electron chi connectivity index (χ4n) is 2.71. The van der Waals surface area contributed by atoms with Crippen LogP contribution in [-0.4, -0.2) is 37.0 Å². The molecule has 5 nitrogen and oxygen atoms in total. The summed E-state index contributed by atoms with van der Waals surface area (Å²) in [5.74, 6) is 0.918. The predicted octanol–water partition coefficient (Wildman–Crippen LogP) is 3.91. The number of hydrogen-bond donors (Lipinski definition) is 1. The maximum absolute atomic E-state index is 12.4. The minimum absolute atomic E-state index is 0.0332. The fourth-order valence-corrected chi connectivity index (χ4v) is 2.71. The minimum atomic E-state index is -0.732. The van der Waals surface area contributed by atoms with Gasteiger partial charge in [0.2, 0.25) is 0 Å². The lowest BCUT2D eigenvalue weighted by Crippen LogP contribution is -2.31. The second-order valence-corrected chi connectivity index (χ2v) is 7.55. The van der Waals surface area contributed by atoms with Crippen LogP contribution in [0.25, 0.3) is 0 Å². The van der Waals surface area contributed by atoms with E-state index in [1.807, 2.05) is 48.5 Å². The second kappa shape index (κ2) is 10.1. The normalized spacial score (nSPS) is 12.3. The van der Waals surface area contributed by atoms with Gasteiger partial charge in [-0.1, -0.05) is 45.0 Å². The van der Waals surface area contributed by atoms with Gasteiger partial charge in [0.05, 0.1) is 13.2 Å². The molecule has 0 fully saturated rings. The summed E-state index contributed by atoms with van der Waals surface area (Å²) in [6, 6.07) is 15.2. The molecule has 0 aliphatic carbocycles. The lowest BCUT2D eigenvalue weighted by atomic mass is 9.87. The standard InChI is InChI=1S/C23H30O5/c1-5-26-22(25)21(16-17-6-10-19(11-7-17)27-15-14-24)28-20-12-8-18(9-13-20)23(2,3)4/h6-13,21,24H,5,14-16H2,1-4H3/t21-/m1/s1. The molecule has 1 N–H and O–H groups in total. The van der Waals surface area contributed by atoms with Crippen molar-refractivity contribution in [1.82, 2.24) is 0 Å². The number of esters is 1. The highest BCUT2D eigenvalue weighted by molar-refractivity contribution is 5.75. The summed E-state index contributed by atoms with van der Waals surface area (Å²) in [6.45, 7) is 8.75. The van der Waals surface area contributed by atoms with Crippen LogP contribution in [0.4, 0.5) is 0 Å².